The van der Waals surface area contributed by atoms with E-state index in [4.69, 9.17) is 0 Å². The van der Waals surface area contributed by atoms with Gasteiger partial charge in [-0.1, -0.05) is 42.5 Å². The Morgan fingerprint density at radius 1 is 1.12 bits per heavy atom. The molecule has 1 atom stereocenters. The van der Waals surface area contributed by atoms with Crippen LogP contribution in [0.2, 0.25) is 0 Å². The van der Waals surface area contributed by atoms with Gasteiger partial charge >= 0.3 is 0 Å². The van der Waals surface area contributed by atoms with Crippen LogP contribution in [0.25, 0.3) is 10.8 Å². The maximum Gasteiger partial charge on any atom is 0.0214 e. The molecule has 1 N–H and O–H groups in total. The molecule has 1 nitrogen and oxygen atoms in total. The van der Waals surface area contributed by atoms with Crippen LogP contribution in [-0.2, 0) is 6.54 Å². The molecule has 0 bridgehead atoms. The van der Waals surface area contributed by atoms with Gasteiger partial charge in [0.05, 0.1) is 0 Å². The van der Waals surface area contributed by atoms with Gasteiger partial charge in [-0.05, 0) is 42.0 Å². The summed E-state index contributed by atoms with van der Waals surface area (Å²) in [5.74, 6) is 0.921. The third-order valence-electron chi connectivity index (χ3n) is 3.82. The van der Waals surface area contributed by atoms with Crippen molar-refractivity contribution in [2.45, 2.75) is 32.4 Å². The van der Waals surface area contributed by atoms with Crippen molar-refractivity contribution in [1.82, 2.24) is 5.32 Å². The molecule has 0 saturated heterocycles. The highest BCUT2D eigenvalue weighted by molar-refractivity contribution is 5.85. The highest BCUT2D eigenvalue weighted by Crippen LogP contribution is 2.32. The second-order valence-corrected chi connectivity index (χ2v) is 5.15. The van der Waals surface area contributed by atoms with Crippen LogP contribution in [0.3, 0.4) is 0 Å². The second kappa shape index (κ2) is 4.50. The van der Waals surface area contributed by atoms with Gasteiger partial charge in [-0.2, -0.15) is 0 Å². The van der Waals surface area contributed by atoms with E-state index in [0.717, 1.165) is 12.5 Å². The minimum Gasteiger partial charge on any atom is -0.310 e. The Balaban J connectivity index is 1.79. The fraction of sp³-hybridized carbons (Fsp3) is 0.375. The number of benzene rings is 2. The van der Waals surface area contributed by atoms with Crippen LogP contribution >= 0.6 is 0 Å². The minimum absolute atomic E-state index is 0.661. The molecule has 1 fully saturated rings. The van der Waals surface area contributed by atoms with Crippen molar-refractivity contribution in [2.75, 3.05) is 0 Å². The number of hydrogen-bond acceptors (Lipinski definition) is 1. The maximum absolute atomic E-state index is 3.65. The molecule has 88 valence electrons. The molecule has 0 radical (unpaired) electrons. The zero-order chi connectivity index (χ0) is 11.7. The van der Waals surface area contributed by atoms with Crippen molar-refractivity contribution in [2.24, 2.45) is 5.92 Å². The van der Waals surface area contributed by atoms with Crippen molar-refractivity contribution in [3.63, 3.8) is 0 Å². The number of hydrogen-bond donors (Lipinski definition) is 1. The predicted molar refractivity (Wildman–Crippen MR) is 73.0 cm³/mol. The van der Waals surface area contributed by atoms with Crippen LogP contribution in [0.15, 0.2) is 42.5 Å². The number of rotatable bonds is 4. The molecule has 2 aromatic carbocycles. The predicted octanol–water partition coefficient (Wildman–Crippen LogP) is 3.73. The van der Waals surface area contributed by atoms with Gasteiger partial charge in [0, 0.05) is 12.6 Å². The van der Waals surface area contributed by atoms with Gasteiger partial charge < -0.3 is 5.32 Å². The van der Waals surface area contributed by atoms with Crippen LogP contribution in [0, 0.1) is 5.92 Å². The Hall–Kier alpha value is -1.34. The summed E-state index contributed by atoms with van der Waals surface area (Å²) in [6.07, 6.45) is 2.81. The van der Waals surface area contributed by atoms with Crippen molar-refractivity contribution >= 4 is 10.8 Å². The zero-order valence-corrected chi connectivity index (χ0v) is 10.3. The summed E-state index contributed by atoms with van der Waals surface area (Å²) in [6.45, 7) is 3.29. The van der Waals surface area contributed by atoms with E-state index >= 15 is 0 Å². The fourth-order valence-corrected chi connectivity index (χ4v) is 2.48. The molecule has 1 unspecified atom stereocenters. The summed E-state index contributed by atoms with van der Waals surface area (Å²) in [6, 6.07) is 15.9. The normalized spacial score (nSPS) is 17.2. The Labute approximate surface area is 103 Å². The standard InChI is InChI=1S/C16H19N/c1-12(13-9-10-13)17-11-15-7-4-6-14-5-2-3-8-16(14)15/h2-8,12-13,17H,9-11H2,1H3. The summed E-state index contributed by atoms with van der Waals surface area (Å²) in [7, 11) is 0. The second-order valence-electron chi connectivity index (χ2n) is 5.15. The van der Waals surface area contributed by atoms with Gasteiger partial charge in [-0.3, -0.25) is 0 Å². The molecule has 3 rings (SSSR count). The summed E-state index contributed by atoms with van der Waals surface area (Å²) >= 11 is 0. The van der Waals surface area contributed by atoms with Crippen LogP contribution in [0.5, 0.6) is 0 Å². The molecule has 0 heterocycles. The lowest BCUT2D eigenvalue weighted by atomic mass is 10.0. The molecule has 1 aliphatic rings. The number of nitrogens with one attached hydrogen (secondary N) is 1. The zero-order valence-electron chi connectivity index (χ0n) is 10.3. The highest BCUT2D eigenvalue weighted by Gasteiger charge is 2.27. The van der Waals surface area contributed by atoms with Gasteiger partial charge in [-0.15, -0.1) is 0 Å². The summed E-state index contributed by atoms with van der Waals surface area (Å²) < 4.78 is 0. The average Bonchev–Trinajstić information content (AvgIpc) is 3.20. The first-order chi connectivity index (χ1) is 8.34. The Kier molecular flexibility index (Phi) is 2.86. The van der Waals surface area contributed by atoms with E-state index in [1.807, 2.05) is 0 Å². The summed E-state index contributed by atoms with van der Waals surface area (Å²) in [4.78, 5) is 0. The molecular weight excluding hydrogens is 206 g/mol. The minimum atomic E-state index is 0.661. The Morgan fingerprint density at radius 2 is 1.88 bits per heavy atom. The van der Waals surface area contributed by atoms with E-state index in [2.05, 4.69) is 54.7 Å². The smallest absolute Gasteiger partial charge is 0.0214 e. The third-order valence-corrected chi connectivity index (χ3v) is 3.82. The first-order valence-electron chi connectivity index (χ1n) is 6.54. The van der Waals surface area contributed by atoms with Crippen LogP contribution in [0.4, 0.5) is 0 Å². The average molecular weight is 225 g/mol. The highest BCUT2D eigenvalue weighted by atomic mass is 14.9. The monoisotopic (exact) mass is 225 g/mol. The van der Waals surface area contributed by atoms with E-state index in [1.165, 1.54) is 29.2 Å². The molecule has 0 amide bonds. The molecule has 17 heavy (non-hydrogen) atoms. The van der Waals surface area contributed by atoms with E-state index in [9.17, 15) is 0 Å². The van der Waals surface area contributed by atoms with E-state index < -0.39 is 0 Å². The summed E-state index contributed by atoms with van der Waals surface area (Å²) in [5, 5.41) is 6.37. The topological polar surface area (TPSA) is 12.0 Å². The maximum atomic E-state index is 3.65. The quantitative estimate of drug-likeness (QED) is 0.836. The van der Waals surface area contributed by atoms with Crippen LogP contribution in [0.1, 0.15) is 25.3 Å². The molecule has 1 aliphatic carbocycles. The SMILES string of the molecule is CC(NCc1cccc2ccccc12)C1CC1. The van der Waals surface area contributed by atoms with Gasteiger partial charge in [0.2, 0.25) is 0 Å². The molecule has 0 aromatic heterocycles. The first kappa shape index (κ1) is 10.8. The van der Waals surface area contributed by atoms with E-state index in [1.54, 1.807) is 0 Å². The van der Waals surface area contributed by atoms with Crippen molar-refractivity contribution in [3.05, 3.63) is 48.0 Å². The molecule has 0 aliphatic heterocycles. The van der Waals surface area contributed by atoms with Crippen molar-refractivity contribution in [1.29, 1.82) is 0 Å². The van der Waals surface area contributed by atoms with E-state index in [0.29, 0.717) is 6.04 Å². The largest absolute Gasteiger partial charge is 0.310 e. The lowest BCUT2D eigenvalue weighted by molar-refractivity contribution is 0.497. The molecule has 1 heteroatoms. The molecule has 2 aromatic rings. The van der Waals surface area contributed by atoms with Gasteiger partial charge in [0.1, 0.15) is 0 Å². The van der Waals surface area contributed by atoms with Gasteiger partial charge in [0.15, 0.2) is 0 Å². The lowest BCUT2D eigenvalue weighted by Gasteiger charge is -2.14. The van der Waals surface area contributed by atoms with Gasteiger partial charge in [-0.25, -0.2) is 0 Å². The molecule has 1 saturated carbocycles. The Bertz CT molecular complexity index is 508. The third kappa shape index (κ3) is 2.34. The van der Waals surface area contributed by atoms with Crippen molar-refractivity contribution < 1.29 is 0 Å². The van der Waals surface area contributed by atoms with Crippen LogP contribution < -0.4 is 5.32 Å². The first-order valence-corrected chi connectivity index (χ1v) is 6.54. The molecular formula is C16H19N. The number of fused-ring (bicyclic) bond motifs is 1. The lowest BCUT2D eigenvalue weighted by Crippen LogP contribution is -2.27. The fourth-order valence-electron chi connectivity index (χ4n) is 2.48. The Morgan fingerprint density at radius 3 is 2.71 bits per heavy atom. The van der Waals surface area contributed by atoms with Crippen LogP contribution in [-0.4, -0.2) is 6.04 Å². The van der Waals surface area contributed by atoms with E-state index in [-0.39, 0.29) is 0 Å². The summed E-state index contributed by atoms with van der Waals surface area (Å²) in [5.41, 5.74) is 1.41. The molecule has 0 spiro atoms. The van der Waals surface area contributed by atoms with Gasteiger partial charge in [0.25, 0.3) is 0 Å². The van der Waals surface area contributed by atoms with Crippen molar-refractivity contribution in [3.8, 4) is 0 Å².